The molecular weight excluding hydrogens is 412 g/mol. The van der Waals surface area contributed by atoms with Gasteiger partial charge in [0.25, 0.3) is 5.91 Å². The lowest BCUT2D eigenvalue weighted by atomic mass is 10.00. The topological polar surface area (TPSA) is 42.0 Å². The molecular formula is C28H32N2O3. The van der Waals surface area contributed by atoms with Gasteiger partial charge in [-0.25, -0.2) is 0 Å². The largest absolute Gasteiger partial charge is 0.497 e. The predicted molar refractivity (Wildman–Crippen MR) is 132 cm³/mol. The van der Waals surface area contributed by atoms with Gasteiger partial charge in [-0.15, -0.1) is 0 Å². The van der Waals surface area contributed by atoms with E-state index in [0.717, 1.165) is 55.2 Å². The third-order valence-electron chi connectivity index (χ3n) is 6.34. The number of benzene rings is 3. The zero-order chi connectivity index (χ0) is 23.2. The summed E-state index contributed by atoms with van der Waals surface area (Å²) in [5.74, 6) is 1.67. The molecule has 0 spiro atoms. The number of anilines is 1. The van der Waals surface area contributed by atoms with Gasteiger partial charge in [0.05, 0.1) is 14.2 Å². The molecule has 5 heteroatoms. The van der Waals surface area contributed by atoms with Gasteiger partial charge in [-0.05, 0) is 61.7 Å². The number of nitrogens with zero attached hydrogens (tertiary/aromatic N) is 2. The average Bonchev–Trinajstić information content (AvgIpc) is 2.86. The highest BCUT2D eigenvalue weighted by molar-refractivity contribution is 6.06. The number of carbonyl (C=O) groups excluding carboxylic acids is 1. The van der Waals surface area contributed by atoms with Gasteiger partial charge in [0.2, 0.25) is 0 Å². The summed E-state index contributed by atoms with van der Waals surface area (Å²) in [5.41, 5.74) is 4.01. The quantitative estimate of drug-likeness (QED) is 0.494. The van der Waals surface area contributed by atoms with Gasteiger partial charge in [-0.1, -0.05) is 35.9 Å². The second-order valence-corrected chi connectivity index (χ2v) is 8.60. The first-order valence-corrected chi connectivity index (χ1v) is 11.5. The summed E-state index contributed by atoms with van der Waals surface area (Å²) in [4.78, 5) is 18.1. The van der Waals surface area contributed by atoms with Crippen LogP contribution in [0.2, 0.25) is 0 Å². The Kier molecular flexibility index (Phi) is 7.30. The summed E-state index contributed by atoms with van der Waals surface area (Å²) < 4.78 is 10.7. The fraction of sp³-hybridized carbons (Fsp3) is 0.321. The van der Waals surface area contributed by atoms with Crippen molar-refractivity contribution in [1.29, 1.82) is 0 Å². The van der Waals surface area contributed by atoms with Crippen LogP contribution in [0.25, 0.3) is 0 Å². The first kappa shape index (κ1) is 22.9. The normalized spacial score (nSPS) is 14.6. The van der Waals surface area contributed by atoms with Crippen molar-refractivity contribution in [3.05, 3.63) is 89.5 Å². The number of likely N-dealkylation sites (tertiary alicyclic amines) is 1. The summed E-state index contributed by atoms with van der Waals surface area (Å²) in [6, 6.07) is 24.0. The van der Waals surface area contributed by atoms with Crippen LogP contribution in [-0.4, -0.2) is 44.2 Å². The van der Waals surface area contributed by atoms with Crippen molar-refractivity contribution < 1.29 is 14.3 Å². The Morgan fingerprint density at radius 3 is 2.21 bits per heavy atom. The molecule has 1 aliphatic rings. The number of amides is 1. The summed E-state index contributed by atoms with van der Waals surface area (Å²) in [7, 11) is 3.34. The van der Waals surface area contributed by atoms with Crippen LogP contribution in [0.15, 0.2) is 72.8 Å². The van der Waals surface area contributed by atoms with E-state index in [1.807, 2.05) is 72.5 Å². The van der Waals surface area contributed by atoms with Gasteiger partial charge in [-0.3, -0.25) is 9.69 Å². The van der Waals surface area contributed by atoms with E-state index in [-0.39, 0.29) is 11.9 Å². The van der Waals surface area contributed by atoms with E-state index < -0.39 is 0 Å². The van der Waals surface area contributed by atoms with Crippen molar-refractivity contribution >= 4 is 11.6 Å². The van der Waals surface area contributed by atoms with Crippen LogP contribution in [0.5, 0.6) is 11.5 Å². The number of aryl methyl sites for hydroxylation is 1. The molecule has 4 rings (SSSR count). The van der Waals surface area contributed by atoms with Crippen LogP contribution >= 0.6 is 0 Å². The Balaban J connectivity index is 1.51. The van der Waals surface area contributed by atoms with Crippen LogP contribution in [0, 0.1) is 6.92 Å². The molecule has 0 N–H and O–H groups in total. The van der Waals surface area contributed by atoms with Crippen molar-refractivity contribution in [2.75, 3.05) is 32.2 Å². The minimum Gasteiger partial charge on any atom is -0.497 e. The number of piperidine rings is 1. The highest BCUT2D eigenvalue weighted by Gasteiger charge is 2.30. The molecule has 1 saturated heterocycles. The van der Waals surface area contributed by atoms with Crippen molar-refractivity contribution in [1.82, 2.24) is 4.90 Å². The predicted octanol–water partition coefficient (Wildman–Crippen LogP) is 5.32. The number of carbonyl (C=O) groups is 1. The van der Waals surface area contributed by atoms with Gasteiger partial charge >= 0.3 is 0 Å². The molecule has 172 valence electrons. The van der Waals surface area contributed by atoms with E-state index >= 15 is 0 Å². The van der Waals surface area contributed by atoms with E-state index in [1.54, 1.807) is 14.2 Å². The number of hydrogen-bond donors (Lipinski definition) is 0. The Bertz CT molecular complexity index is 1060. The molecule has 0 saturated carbocycles. The Labute approximate surface area is 196 Å². The van der Waals surface area contributed by atoms with E-state index in [0.29, 0.717) is 5.56 Å². The average molecular weight is 445 g/mol. The van der Waals surface area contributed by atoms with E-state index in [4.69, 9.17) is 9.47 Å². The number of rotatable bonds is 7. The van der Waals surface area contributed by atoms with Crippen LogP contribution in [0.4, 0.5) is 5.69 Å². The minimum atomic E-state index is 0.0388. The minimum absolute atomic E-state index is 0.0388. The van der Waals surface area contributed by atoms with Crippen molar-refractivity contribution in [3.63, 3.8) is 0 Å². The van der Waals surface area contributed by atoms with Crippen LogP contribution in [0.1, 0.15) is 34.3 Å². The molecule has 0 unspecified atom stereocenters. The smallest absolute Gasteiger partial charge is 0.258 e. The third-order valence-corrected chi connectivity index (χ3v) is 6.34. The van der Waals surface area contributed by atoms with Gasteiger partial charge in [0.15, 0.2) is 0 Å². The number of methoxy groups -OCH3 is 2. The van der Waals surface area contributed by atoms with Crippen LogP contribution in [-0.2, 0) is 6.54 Å². The molecule has 33 heavy (non-hydrogen) atoms. The van der Waals surface area contributed by atoms with E-state index in [2.05, 4.69) is 17.0 Å². The molecule has 1 aliphatic heterocycles. The van der Waals surface area contributed by atoms with E-state index in [9.17, 15) is 4.79 Å². The van der Waals surface area contributed by atoms with Crippen molar-refractivity contribution in [3.8, 4) is 11.5 Å². The molecule has 1 heterocycles. The maximum absolute atomic E-state index is 13.6. The summed E-state index contributed by atoms with van der Waals surface area (Å²) >= 11 is 0. The second-order valence-electron chi connectivity index (χ2n) is 8.60. The van der Waals surface area contributed by atoms with Crippen molar-refractivity contribution in [2.45, 2.75) is 32.4 Å². The Hall–Kier alpha value is -3.31. The van der Waals surface area contributed by atoms with Gasteiger partial charge in [0, 0.05) is 43.0 Å². The molecule has 0 bridgehead atoms. The monoisotopic (exact) mass is 444 g/mol. The summed E-state index contributed by atoms with van der Waals surface area (Å²) in [6.07, 6.45) is 1.84. The van der Waals surface area contributed by atoms with Gasteiger partial charge in [-0.2, -0.15) is 0 Å². The fourth-order valence-corrected chi connectivity index (χ4v) is 4.41. The maximum Gasteiger partial charge on any atom is 0.258 e. The van der Waals surface area contributed by atoms with Gasteiger partial charge in [0.1, 0.15) is 11.5 Å². The van der Waals surface area contributed by atoms with E-state index in [1.165, 1.54) is 5.56 Å². The van der Waals surface area contributed by atoms with Crippen molar-refractivity contribution in [2.24, 2.45) is 0 Å². The molecule has 0 aliphatic carbocycles. The molecule has 5 nitrogen and oxygen atoms in total. The highest BCUT2D eigenvalue weighted by atomic mass is 16.5. The lowest BCUT2D eigenvalue weighted by Gasteiger charge is -2.38. The molecule has 0 atom stereocenters. The number of hydrogen-bond acceptors (Lipinski definition) is 4. The Morgan fingerprint density at radius 2 is 1.58 bits per heavy atom. The molecule has 1 fully saturated rings. The third kappa shape index (κ3) is 5.55. The Morgan fingerprint density at radius 1 is 0.909 bits per heavy atom. The molecule has 3 aromatic carbocycles. The molecule has 0 aromatic heterocycles. The molecule has 1 amide bonds. The standard InChI is InChI=1S/C28H32N2O3/c1-21-7-11-23(12-8-21)28(31)30(25-5-4-6-27(19-25)33-3)24-15-17-29(18-16-24)20-22-9-13-26(32-2)14-10-22/h4-14,19,24H,15-18,20H2,1-3H3. The first-order chi connectivity index (χ1) is 16.1. The first-order valence-electron chi connectivity index (χ1n) is 11.5. The van der Waals surface area contributed by atoms with Gasteiger partial charge < -0.3 is 14.4 Å². The molecule has 3 aromatic rings. The fourth-order valence-electron chi connectivity index (χ4n) is 4.41. The zero-order valence-corrected chi connectivity index (χ0v) is 19.7. The zero-order valence-electron chi connectivity index (χ0n) is 19.7. The lowest BCUT2D eigenvalue weighted by molar-refractivity contribution is 0.0958. The SMILES string of the molecule is COc1ccc(CN2CCC(N(C(=O)c3ccc(C)cc3)c3cccc(OC)c3)CC2)cc1. The number of ether oxygens (including phenoxy) is 2. The highest BCUT2D eigenvalue weighted by Crippen LogP contribution is 2.29. The summed E-state index contributed by atoms with van der Waals surface area (Å²) in [6.45, 7) is 4.82. The van der Waals surface area contributed by atoms with Crippen LogP contribution in [0.3, 0.4) is 0 Å². The maximum atomic E-state index is 13.6. The van der Waals surface area contributed by atoms with Crippen LogP contribution < -0.4 is 14.4 Å². The second kappa shape index (κ2) is 10.5. The molecule has 0 radical (unpaired) electrons. The summed E-state index contributed by atoms with van der Waals surface area (Å²) in [5, 5.41) is 0. The lowest BCUT2D eigenvalue weighted by Crippen LogP contribution is -2.47.